The first-order valence-electron chi connectivity index (χ1n) is 9.90. The Morgan fingerprint density at radius 2 is 1.86 bits per heavy atom. The molecule has 148 valence electrons. The number of nitrogens with one attached hydrogen (secondary N) is 1. The molecule has 2 aromatic heterocycles. The summed E-state index contributed by atoms with van der Waals surface area (Å²) in [5.74, 6) is 2.04. The van der Waals surface area contributed by atoms with Gasteiger partial charge in [-0.15, -0.1) is 10.2 Å². The number of aromatic nitrogens is 3. The molecule has 1 aromatic carbocycles. The van der Waals surface area contributed by atoms with E-state index in [0.717, 1.165) is 52.5 Å². The van der Waals surface area contributed by atoms with E-state index in [4.69, 9.17) is 16.0 Å². The minimum Gasteiger partial charge on any atom is -0.420 e. The highest BCUT2D eigenvalue weighted by molar-refractivity contribution is 6.34. The number of hydrogen-bond acceptors (Lipinski definition) is 5. The van der Waals surface area contributed by atoms with Gasteiger partial charge in [0, 0.05) is 40.3 Å². The van der Waals surface area contributed by atoms with Crippen molar-refractivity contribution in [1.82, 2.24) is 15.2 Å². The molecule has 0 fully saturated rings. The summed E-state index contributed by atoms with van der Waals surface area (Å²) < 4.78 is 5.92. The van der Waals surface area contributed by atoms with E-state index in [9.17, 15) is 0 Å². The van der Waals surface area contributed by atoms with Gasteiger partial charge in [0.05, 0.1) is 5.02 Å². The van der Waals surface area contributed by atoms with Crippen LogP contribution in [0.4, 0.5) is 5.82 Å². The van der Waals surface area contributed by atoms with Crippen LogP contribution in [0.5, 0.6) is 0 Å². The molecule has 29 heavy (non-hydrogen) atoms. The lowest BCUT2D eigenvalue weighted by Crippen LogP contribution is -2.25. The standard InChI is InChI=1S/C23H23ClN4O/c1-22(2,3)21-28-27-20(29-21)15-8-6-7-14(11-15)16-12-25-19-17(18(16)24)23(13-26-19)9-4-5-10-23/h4-8,11-12H,9-10,13H2,1-3H3,(H,25,26). The number of allylic oxidation sites excluding steroid dienone is 2. The Hall–Kier alpha value is -2.66. The Kier molecular flexibility index (Phi) is 4.07. The largest absolute Gasteiger partial charge is 0.420 e. The summed E-state index contributed by atoms with van der Waals surface area (Å²) in [7, 11) is 0. The van der Waals surface area contributed by atoms with E-state index in [1.165, 1.54) is 0 Å². The van der Waals surface area contributed by atoms with Crippen LogP contribution < -0.4 is 5.32 Å². The first-order valence-corrected chi connectivity index (χ1v) is 10.3. The zero-order valence-corrected chi connectivity index (χ0v) is 17.5. The van der Waals surface area contributed by atoms with Gasteiger partial charge in [0.2, 0.25) is 11.8 Å². The van der Waals surface area contributed by atoms with Crippen LogP contribution in [0.25, 0.3) is 22.6 Å². The fourth-order valence-corrected chi connectivity index (χ4v) is 4.61. The zero-order chi connectivity index (χ0) is 20.2. The molecule has 3 aromatic rings. The summed E-state index contributed by atoms with van der Waals surface area (Å²) in [6.45, 7) is 7.04. The van der Waals surface area contributed by atoms with E-state index in [1.807, 2.05) is 30.5 Å². The Labute approximate surface area is 175 Å². The maximum Gasteiger partial charge on any atom is 0.247 e. The molecule has 5 rings (SSSR count). The van der Waals surface area contributed by atoms with Gasteiger partial charge in [-0.25, -0.2) is 4.98 Å². The molecule has 1 spiro atoms. The van der Waals surface area contributed by atoms with Crippen molar-refractivity contribution in [3.63, 3.8) is 0 Å². The predicted octanol–water partition coefficient (Wildman–Crippen LogP) is 5.76. The number of fused-ring (bicyclic) bond motifs is 2. The number of rotatable bonds is 2. The van der Waals surface area contributed by atoms with Crippen LogP contribution >= 0.6 is 11.6 Å². The molecule has 2 aliphatic rings. The summed E-state index contributed by atoms with van der Waals surface area (Å²) >= 11 is 6.96. The van der Waals surface area contributed by atoms with E-state index in [2.05, 4.69) is 53.4 Å². The molecule has 0 bridgehead atoms. The van der Waals surface area contributed by atoms with E-state index in [-0.39, 0.29) is 10.8 Å². The van der Waals surface area contributed by atoms with Gasteiger partial charge in [-0.2, -0.15) is 0 Å². The third-order valence-corrected chi connectivity index (χ3v) is 6.20. The highest BCUT2D eigenvalue weighted by Crippen LogP contribution is 2.50. The molecule has 1 aliphatic carbocycles. The Morgan fingerprint density at radius 1 is 1.10 bits per heavy atom. The molecule has 0 atom stereocenters. The van der Waals surface area contributed by atoms with Crippen LogP contribution in [0.3, 0.4) is 0 Å². The Bertz CT molecular complexity index is 1120. The van der Waals surface area contributed by atoms with Crippen molar-refractivity contribution >= 4 is 17.4 Å². The minimum atomic E-state index is -0.188. The molecule has 1 aliphatic heterocycles. The second-order valence-electron chi connectivity index (χ2n) is 8.97. The molecular formula is C23H23ClN4O. The van der Waals surface area contributed by atoms with E-state index >= 15 is 0 Å². The zero-order valence-electron chi connectivity index (χ0n) is 16.8. The highest BCUT2D eigenvalue weighted by Gasteiger charge is 2.42. The van der Waals surface area contributed by atoms with Gasteiger partial charge in [-0.1, -0.05) is 56.7 Å². The third-order valence-electron chi connectivity index (χ3n) is 5.81. The van der Waals surface area contributed by atoms with Crippen LogP contribution in [0, 0.1) is 0 Å². The van der Waals surface area contributed by atoms with Crippen molar-refractivity contribution in [1.29, 1.82) is 0 Å². The molecular weight excluding hydrogens is 384 g/mol. The van der Waals surface area contributed by atoms with Gasteiger partial charge in [0.1, 0.15) is 5.82 Å². The second-order valence-corrected chi connectivity index (χ2v) is 9.34. The monoisotopic (exact) mass is 406 g/mol. The van der Waals surface area contributed by atoms with Gasteiger partial charge in [0.15, 0.2) is 0 Å². The predicted molar refractivity (Wildman–Crippen MR) is 115 cm³/mol. The van der Waals surface area contributed by atoms with Crippen molar-refractivity contribution < 1.29 is 4.42 Å². The summed E-state index contributed by atoms with van der Waals surface area (Å²) in [5.41, 5.74) is 3.77. The van der Waals surface area contributed by atoms with Gasteiger partial charge in [0.25, 0.3) is 0 Å². The maximum atomic E-state index is 6.96. The average molecular weight is 407 g/mol. The van der Waals surface area contributed by atoms with Gasteiger partial charge in [-0.3, -0.25) is 0 Å². The number of anilines is 1. The molecule has 0 radical (unpaired) electrons. The molecule has 1 N–H and O–H groups in total. The summed E-state index contributed by atoms with van der Waals surface area (Å²) in [5, 5.41) is 12.7. The number of hydrogen-bond donors (Lipinski definition) is 1. The van der Waals surface area contributed by atoms with Crippen LogP contribution in [-0.4, -0.2) is 21.7 Å². The van der Waals surface area contributed by atoms with Gasteiger partial charge >= 0.3 is 0 Å². The number of nitrogens with zero attached hydrogens (tertiary/aromatic N) is 3. The molecule has 6 heteroatoms. The lowest BCUT2D eigenvalue weighted by Gasteiger charge is -2.24. The lowest BCUT2D eigenvalue weighted by molar-refractivity contribution is 0.399. The summed E-state index contributed by atoms with van der Waals surface area (Å²) in [6, 6.07) is 8.04. The molecule has 0 amide bonds. The molecule has 0 saturated carbocycles. The van der Waals surface area contributed by atoms with E-state index < -0.39 is 0 Å². The number of benzene rings is 1. The maximum absolute atomic E-state index is 6.96. The smallest absolute Gasteiger partial charge is 0.247 e. The Morgan fingerprint density at radius 3 is 2.59 bits per heavy atom. The van der Waals surface area contributed by atoms with Crippen molar-refractivity contribution in [3.8, 4) is 22.6 Å². The van der Waals surface area contributed by atoms with Crippen LogP contribution in [0.1, 0.15) is 45.1 Å². The fourth-order valence-electron chi connectivity index (χ4n) is 4.16. The second kappa shape index (κ2) is 6.42. The van der Waals surface area contributed by atoms with E-state index in [1.54, 1.807) is 0 Å². The topological polar surface area (TPSA) is 63.8 Å². The summed E-state index contributed by atoms with van der Waals surface area (Å²) in [6.07, 6.45) is 8.32. The van der Waals surface area contributed by atoms with Crippen molar-refractivity contribution in [2.45, 2.75) is 44.4 Å². The molecule has 0 saturated heterocycles. The average Bonchev–Trinajstić information content (AvgIpc) is 3.43. The number of pyridine rings is 1. The normalized spacial score (nSPS) is 17.0. The van der Waals surface area contributed by atoms with Crippen molar-refractivity contribution in [2.75, 3.05) is 11.9 Å². The molecule has 5 nitrogen and oxygen atoms in total. The summed E-state index contributed by atoms with van der Waals surface area (Å²) in [4.78, 5) is 4.68. The quantitative estimate of drug-likeness (QED) is 0.548. The first kappa shape index (κ1) is 18.4. The minimum absolute atomic E-state index is 0.0289. The van der Waals surface area contributed by atoms with Gasteiger partial charge in [-0.05, 0) is 30.5 Å². The van der Waals surface area contributed by atoms with Crippen molar-refractivity contribution in [2.24, 2.45) is 0 Å². The molecule has 0 unspecified atom stereocenters. The first-order chi connectivity index (χ1) is 13.9. The van der Waals surface area contributed by atoms with Gasteiger partial charge < -0.3 is 9.73 Å². The van der Waals surface area contributed by atoms with Crippen LogP contribution in [0.2, 0.25) is 5.02 Å². The number of halogens is 1. The third kappa shape index (κ3) is 2.96. The van der Waals surface area contributed by atoms with E-state index in [0.29, 0.717) is 11.8 Å². The fraction of sp³-hybridized carbons (Fsp3) is 0.348. The highest BCUT2D eigenvalue weighted by atomic mass is 35.5. The van der Waals surface area contributed by atoms with Crippen LogP contribution in [-0.2, 0) is 10.8 Å². The van der Waals surface area contributed by atoms with Crippen LogP contribution in [0.15, 0.2) is 47.0 Å². The SMILES string of the molecule is CC(C)(C)c1nnc(-c2cccc(-c3cnc4c(c3Cl)C3(CC=CC3)CN4)c2)o1. The lowest BCUT2D eigenvalue weighted by atomic mass is 9.80. The Balaban J connectivity index is 1.56. The van der Waals surface area contributed by atoms with Crippen molar-refractivity contribution in [3.05, 3.63) is 59.1 Å². The molecule has 3 heterocycles.